The summed E-state index contributed by atoms with van der Waals surface area (Å²) in [6.45, 7) is 2.16. The van der Waals surface area contributed by atoms with Gasteiger partial charge in [0.1, 0.15) is 12.2 Å². The minimum atomic E-state index is -0.595. The zero-order valence-corrected chi connectivity index (χ0v) is 7.28. The van der Waals surface area contributed by atoms with Crippen LogP contribution < -0.4 is 0 Å². The first-order valence-corrected chi connectivity index (χ1v) is 3.95. The van der Waals surface area contributed by atoms with Gasteiger partial charge in [0.2, 0.25) is 0 Å². The topological polar surface area (TPSA) is 52.6 Å². The van der Waals surface area contributed by atoms with E-state index in [1.807, 2.05) is 0 Å². The van der Waals surface area contributed by atoms with Gasteiger partial charge in [-0.3, -0.25) is 4.79 Å². The van der Waals surface area contributed by atoms with E-state index < -0.39 is 5.97 Å². The van der Waals surface area contributed by atoms with Crippen LogP contribution in [0.3, 0.4) is 0 Å². The van der Waals surface area contributed by atoms with Crippen molar-refractivity contribution in [2.75, 3.05) is 13.2 Å². The van der Waals surface area contributed by atoms with Gasteiger partial charge in [-0.25, -0.2) is 4.79 Å². The molecule has 70 valence electrons. The van der Waals surface area contributed by atoms with Gasteiger partial charge in [0.25, 0.3) is 0 Å². The van der Waals surface area contributed by atoms with Crippen LogP contribution >= 0.6 is 0 Å². The second-order valence-corrected chi connectivity index (χ2v) is 2.34. The van der Waals surface area contributed by atoms with E-state index in [4.69, 9.17) is 4.74 Å². The highest BCUT2D eigenvalue weighted by atomic mass is 16.5. The third kappa shape index (κ3) is 2.43. The third-order valence-electron chi connectivity index (χ3n) is 1.46. The van der Waals surface area contributed by atoms with Gasteiger partial charge in [0.15, 0.2) is 5.78 Å². The fourth-order valence-corrected chi connectivity index (χ4v) is 0.880. The van der Waals surface area contributed by atoms with Crippen LogP contribution in [0.1, 0.15) is 6.92 Å². The van der Waals surface area contributed by atoms with E-state index in [2.05, 4.69) is 4.74 Å². The fourth-order valence-electron chi connectivity index (χ4n) is 0.880. The lowest BCUT2D eigenvalue weighted by Gasteiger charge is -2.01. The zero-order chi connectivity index (χ0) is 9.68. The Kier molecular flexibility index (Phi) is 3.25. The number of rotatable bonds is 2. The SMILES string of the molecule is CCOC(=O)C1=CCOC=CC1=O. The van der Waals surface area contributed by atoms with Gasteiger partial charge in [-0.15, -0.1) is 0 Å². The smallest absolute Gasteiger partial charge is 0.341 e. The Morgan fingerprint density at radius 1 is 1.69 bits per heavy atom. The van der Waals surface area contributed by atoms with Crippen LogP contribution in [0.5, 0.6) is 0 Å². The van der Waals surface area contributed by atoms with Gasteiger partial charge < -0.3 is 9.47 Å². The normalized spacial score (nSPS) is 15.8. The molecule has 0 N–H and O–H groups in total. The number of ether oxygens (including phenoxy) is 2. The van der Waals surface area contributed by atoms with E-state index in [0.29, 0.717) is 0 Å². The van der Waals surface area contributed by atoms with Gasteiger partial charge in [-0.2, -0.15) is 0 Å². The second kappa shape index (κ2) is 4.45. The molecule has 0 radical (unpaired) electrons. The van der Waals surface area contributed by atoms with Crippen LogP contribution in [0.2, 0.25) is 0 Å². The Morgan fingerprint density at radius 2 is 2.46 bits per heavy atom. The minimum Gasteiger partial charge on any atom is -0.497 e. The average Bonchev–Trinajstić information content (AvgIpc) is 2.30. The van der Waals surface area contributed by atoms with E-state index >= 15 is 0 Å². The lowest BCUT2D eigenvalue weighted by atomic mass is 10.1. The maximum absolute atomic E-state index is 11.2. The molecule has 0 aromatic rings. The van der Waals surface area contributed by atoms with Crippen molar-refractivity contribution in [2.24, 2.45) is 0 Å². The molecular formula is C9H10O4. The molecule has 0 spiro atoms. The first-order chi connectivity index (χ1) is 6.25. The standard InChI is InChI=1S/C9H10O4/c1-2-13-9(11)7-3-5-12-6-4-8(7)10/h3-4,6H,2,5H2,1H3. The van der Waals surface area contributed by atoms with Crippen molar-refractivity contribution in [3.8, 4) is 0 Å². The average molecular weight is 182 g/mol. The van der Waals surface area contributed by atoms with Crippen molar-refractivity contribution < 1.29 is 19.1 Å². The second-order valence-electron chi connectivity index (χ2n) is 2.34. The third-order valence-corrected chi connectivity index (χ3v) is 1.46. The molecule has 0 bridgehead atoms. The van der Waals surface area contributed by atoms with Gasteiger partial charge in [-0.05, 0) is 13.0 Å². The Labute approximate surface area is 75.8 Å². The number of hydrogen-bond donors (Lipinski definition) is 0. The highest BCUT2D eigenvalue weighted by Gasteiger charge is 2.18. The van der Waals surface area contributed by atoms with Gasteiger partial charge in [-0.1, -0.05) is 0 Å². The largest absolute Gasteiger partial charge is 0.497 e. The Bertz CT molecular complexity index is 275. The lowest BCUT2D eigenvalue weighted by molar-refractivity contribution is -0.139. The Morgan fingerprint density at radius 3 is 3.15 bits per heavy atom. The van der Waals surface area contributed by atoms with E-state index in [1.165, 1.54) is 18.4 Å². The summed E-state index contributed by atoms with van der Waals surface area (Å²) in [5.74, 6) is -0.974. The van der Waals surface area contributed by atoms with E-state index in [0.717, 1.165) is 0 Å². The molecule has 0 amide bonds. The van der Waals surface area contributed by atoms with Gasteiger partial charge >= 0.3 is 5.97 Å². The van der Waals surface area contributed by atoms with Crippen LogP contribution in [0, 0.1) is 0 Å². The molecule has 4 heteroatoms. The summed E-state index contributed by atoms with van der Waals surface area (Å²) in [6.07, 6.45) is 3.89. The molecule has 0 aliphatic carbocycles. The molecule has 0 aromatic carbocycles. The number of carbonyl (C=O) groups excluding carboxylic acids is 2. The zero-order valence-electron chi connectivity index (χ0n) is 7.28. The van der Waals surface area contributed by atoms with Gasteiger partial charge in [0.05, 0.1) is 12.9 Å². The number of hydrogen-bond acceptors (Lipinski definition) is 4. The Hall–Kier alpha value is -1.58. The molecule has 1 heterocycles. The van der Waals surface area contributed by atoms with Crippen molar-refractivity contribution >= 4 is 11.8 Å². The molecule has 4 nitrogen and oxygen atoms in total. The highest BCUT2D eigenvalue weighted by Crippen LogP contribution is 2.05. The maximum Gasteiger partial charge on any atom is 0.341 e. The first kappa shape index (κ1) is 9.51. The summed E-state index contributed by atoms with van der Waals surface area (Å²) >= 11 is 0. The summed E-state index contributed by atoms with van der Waals surface area (Å²) in [4.78, 5) is 22.4. The van der Waals surface area contributed by atoms with Crippen molar-refractivity contribution in [1.29, 1.82) is 0 Å². The predicted molar refractivity (Wildman–Crippen MR) is 44.8 cm³/mol. The number of carbonyl (C=O) groups is 2. The molecule has 0 unspecified atom stereocenters. The maximum atomic E-state index is 11.2. The summed E-state index contributed by atoms with van der Waals surface area (Å²) in [6, 6.07) is 0. The van der Waals surface area contributed by atoms with Crippen molar-refractivity contribution in [3.05, 3.63) is 24.0 Å². The molecule has 13 heavy (non-hydrogen) atoms. The summed E-state index contributed by atoms with van der Waals surface area (Å²) in [7, 11) is 0. The van der Waals surface area contributed by atoms with Crippen molar-refractivity contribution in [3.63, 3.8) is 0 Å². The van der Waals surface area contributed by atoms with Crippen LogP contribution in [0.25, 0.3) is 0 Å². The highest BCUT2D eigenvalue weighted by molar-refractivity contribution is 6.21. The molecular weight excluding hydrogens is 172 g/mol. The predicted octanol–water partition coefficient (Wildman–Crippen LogP) is 0.589. The number of esters is 1. The molecule has 0 saturated carbocycles. The van der Waals surface area contributed by atoms with Crippen molar-refractivity contribution in [2.45, 2.75) is 6.92 Å². The first-order valence-electron chi connectivity index (χ1n) is 3.95. The summed E-state index contributed by atoms with van der Waals surface area (Å²) in [5, 5.41) is 0. The Balaban J connectivity index is 2.76. The fraction of sp³-hybridized carbons (Fsp3) is 0.333. The number of allylic oxidation sites excluding steroid dienone is 1. The van der Waals surface area contributed by atoms with Crippen LogP contribution in [-0.2, 0) is 19.1 Å². The molecule has 0 aromatic heterocycles. The molecule has 1 aliphatic rings. The molecule has 0 atom stereocenters. The van der Waals surface area contributed by atoms with Crippen LogP contribution in [0.15, 0.2) is 24.0 Å². The summed E-state index contributed by atoms with van der Waals surface area (Å²) < 4.78 is 9.53. The lowest BCUT2D eigenvalue weighted by Crippen LogP contribution is -2.14. The van der Waals surface area contributed by atoms with E-state index in [1.54, 1.807) is 6.92 Å². The molecule has 1 rings (SSSR count). The van der Waals surface area contributed by atoms with E-state index in [-0.39, 0.29) is 24.6 Å². The molecule has 1 aliphatic heterocycles. The number of ketones is 1. The van der Waals surface area contributed by atoms with E-state index in [9.17, 15) is 9.59 Å². The molecule has 0 fully saturated rings. The molecule has 0 saturated heterocycles. The van der Waals surface area contributed by atoms with Crippen LogP contribution in [-0.4, -0.2) is 25.0 Å². The van der Waals surface area contributed by atoms with Crippen molar-refractivity contribution in [1.82, 2.24) is 0 Å². The van der Waals surface area contributed by atoms with Gasteiger partial charge in [0, 0.05) is 6.08 Å². The van der Waals surface area contributed by atoms with Crippen LogP contribution in [0.4, 0.5) is 0 Å². The summed E-state index contributed by atoms with van der Waals surface area (Å²) in [5.41, 5.74) is 0.0376. The minimum absolute atomic E-state index is 0.0376. The quantitative estimate of drug-likeness (QED) is 0.463. The monoisotopic (exact) mass is 182 g/mol.